The van der Waals surface area contributed by atoms with Crippen LogP contribution < -0.4 is 0 Å². The van der Waals surface area contributed by atoms with Crippen molar-refractivity contribution in [1.29, 1.82) is 0 Å². The van der Waals surface area contributed by atoms with Crippen molar-refractivity contribution in [3.8, 4) is 0 Å². The molecule has 10 nitrogen and oxygen atoms in total. The third kappa shape index (κ3) is 12.7. The average Bonchev–Trinajstić information content (AvgIpc) is 3.40. The normalized spacial score (nSPS) is 26.6. The minimum atomic E-state index is -3.64. The summed E-state index contributed by atoms with van der Waals surface area (Å²) in [6.07, 6.45) is 3.23. The van der Waals surface area contributed by atoms with Gasteiger partial charge in [-0.1, -0.05) is 57.2 Å². The molecule has 2 saturated heterocycles. The zero-order valence-corrected chi connectivity index (χ0v) is 34.1. The first-order chi connectivity index (χ1) is 25.6. The lowest BCUT2D eigenvalue weighted by atomic mass is 9.75. The number of ether oxygens (including phenoxy) is 5. The second kappa shape index (κ2) is 20.2. The number of carbonyl (C=O) groups is 3. The lowest BCUT2D eigenvalue weighted by molar-refractivity contribution is -0.154. The molecular formula is C43H62O10S. The smallest absolute Gasteiger partial charge is 0.338 e. The van der Waals surface area contributed by atoms with Crippen molar-refractivity contribution in [2.45, 2.75) is 116 Å². The fourth-order valence-corrected chi connectivity index (χ4v) is 9.66. The van der Waals surface area contributed by atoms with Crippen LogP contribution in [0.4, 0.5) is 0 Å². The summed E-state index contributed by atoms with van der Waals surface area (Å²) >= 11 is 0. The van der Waals surface area contributed by atoms with Gasteiger partial charge < -0.3 is 23.7 Å². The number of esters is 2. The maximum atomic E-state index is 13.8. The van der Waals surface area contributed by atoms with Crippen molar-refractivity contribution in [1.82, 2.24) is 0 Å². The average molecular weight is 771 g/mol. The molecule has 0 bridgehead atoms. The van der Waals surface area contributed by atoms with E-state index in [0.29, 0.717) is 50.7 Å². The van der Waals surface area contributed by atoms with Crippen molar-refractivity contribution in [3.05, 3.63) is 66.2 Å². The third-order valence-electron chi connectivity index (χ3n) is 11.0. The molecule has 2 aromatic carbocycles. The molecule has 2 aliphatic rings. The van der Waals surface area contributed by atoms with Crippen molar-refractivity contribution < 1.29 is 46.5 Å². The lowest BCUT2D eigenvalue weighted by Gasteiger charge is -2.42. The van der Waals surface area contributed by atoms with Crippen LogP contribution in [0.3, 0.4) is 0 Å². The van der Waals surface area contributed by atoms with Gasteiger partial charge in [0, 0.05) is 25.9 Å². The molecule has 4 rings (SSSR count). The number of ketones is 1. The molecule has 2 aromatic rings. The van der Waals surface area contributed by atoms with Crippen LogP contribution in [0.5, 0.6) is 0 Å². The van der Waals surface area contributed by atoms with E-state index in [1.807, 2.05) is 33.8 Å². The van der Waals surface area contributed by atoms with Crippen LogP contribution in [-0.4, -0.2) is 83.2 Å². The van der Waals surface area contributed by atoms with Gasteiger partial charge in [-0.25, -0.2) is 13.2 Å². The van der Waals surface area contributed by atoms with E-state index in [1.54, 1.807) is 54.6 Å². The number of Topliss-reactive ketones (excluding diaryl/α,β-unsaturated/α-hetero) is 1. The number of hydrogen-bond donors (Lipinski definition) is 0. The SMILES string of the molecule is COCC(=O)CCC1C(C)C[C@H](CCCOC(=O)C(C)(C)C)OC1C[C@@H]1O[C@H](C[C@H](C)COC(=O)c2ccccc2)[C@H](C)C1CS(=O)(=O)c1ccccc1. The summed E-state index contributed by atoms with van der Waals surface area (Å²) < 4.78 is 57.7. The Morgan fingerprint density at radius 1 is 0.870 bits per heavy atom. The molecule has 9 atom stereocenters. The summed E-state index contributed by atoms with van der Waals surface area (Å²) in [5.41, 5.74) is -0.0783. The first-order valence-electron chi connectivity index (χ1n) is 19.6. The Morgan fingerprint density at radius 3 is 2.17 bits per heavy atom. The molecule has 0 aromatic heterocycles. The topological polar surface area (TPSA) is 132 Å². The van der Waals surface area contributed by atoms with Crippen LogP contribution in [0.25, 0.3) is 0 Å². The van der Waals surface area contributed by atoms with Gasteiger partial charge in [-0.15, -0.1) is 0 Å². The summed E-state index contributed by atoms with van der Waals surface area (Å²) in [5.74, 6) is -0.804. The molecule has 0 radical (unpaired) electrons. The molecule has 4 unspecified atom stereocenters. The standard InChI is InChI=1S/C43H62O10S/c1-29(26-51-41(45)32-15-10-8-11-16-32)23-38-31(3)37(28-54(47,48)35-18-12-9-13-19-35)40(53-38)25-39-36(21-20-33(44)27-49-7)30(2)24-34(52-39)17-14-22-50-42(46)43(4,5)6/h8-13,15-16,18-19,29-31,34,36-40H,14,17,20-28H2,1-7H3/t29-,30?,31+,34-,36?,37?,38+,39?,40-/m0/s1. The van der Waals surface area contributed by atoms with E-state index in [-0.39, 0.29) is 89.5 Å². The van der Waals surface area contributed by atoms with E-state index in [1.165, 1.54) is 7.11 Å². The Morgan fingerprint density at radius 2 is 1.52 bits per heavy atom. The van der Waals surface area contributed by atoms with Gasteiger partial charge in [-0.2, -0.15) is 0 Å². The lowest BCUT2D eigenvalue weighted by Crippen LogP contribution is -2.43. The van der Waals surface area contributed by atoms with Crippen molar-refractivity contribution in [2.75, 3.05) is 32.7 Å². The van der Waals surface area contributed by atoms with Crippen LogP contribution in [-0.2, 0) is 43.1 Å². The highest BCUT2D eigenvalue weighted by atomic mass is 32.2. The quantitative estimate of drug-likeness (QED) is 0.104. The van der Waals surface area contributed by atoms with Gasteiger partial charge in [0.15, 0.2) is 15.6 Å². The minimum Gasteiger partial charge on any atom is -0.465 e. The van der Waals surface area contributed by atoms with Gasteiger partial charge in [0.25, 0.3) is 0 Å². The Kier molecular flexibility index (Phi) is 16.3. The molecule has 0 spiro atoms. The first kappa shape index (κ1) is 43.6. The minimum absolute atomic E-state index is 0.0301. The van der Waals surface area contributed by atoms with Gasteiger partial charge in [0.05, 0.1) is 59.3 Å². The monoisotopic (exact) mass is 770 g/mol. The molecule has 11 heteroatoms. The Hall–Kier alpha value is -3.12. The summed E-state index contributed by atoms with van der Waals surface area (Å²) in [5, 5.41) is 0. The fraction of sp³-hybridized carbons (Fsp3) is 0.651. The van der Waals surface area contributed by atoms with Crippen LogP contribution >= 0.6 is 0 Å². The van der Waals surface area contributed by atoms with Gasteiger partial charge in [-0.05, 0) is 101 Å². The predicted octanol–water partition coefficient (Wildman–Crippen LogP) is 7.53. The summed E-state index contributed by atoms with van der Waals surface area (Å²) in [7, 11) is -2.12. The highest BCUT2D eigenvalue weighted by molar-refractivity contribution is 7.91. The van der Waals surface area contributed by atoms with Gasteiger partial charge in [0.2, 0.25) is 0 Å². The van der Waals surface area contributed by atoms with Crippen LogP contribution in [0.1, 0.15) is 96.8 Å². The molecule has 0 amide bonds. The van der Waals surface area contributed by atoms with Gasteiger partial charge in [0.1, 0.15) is 6.61 Å². The first-order valence-corrected chi connectivity index (χ1v) is 21.2. The summed E-state index contributed by atoms with van der Waals surface area (Å²) in [4.78, 5) is 37.8. The van der Waals surface area contributed by atoms with Gasteiger partial charge in [-0.3, -0.25) is 9.59 Å². The number of benzene rings is 2. The van der Waals surface area contributed by atoms with Crippen LogP contribution in [0.15, 0.2) is 65.6 Å². The number of carbonyl (C=O) groups excluding carboxylic acids is 3. The third-order valence-corrected chi connectivity index (χ3v) is 12.8. The number of methoxy groups -OCH3 is 1. The van der Waals surface area contributed by atoms with E-state index in [4.69, 9.17) is 23.7 Å². The molecule has 2 heterocycles. The summed E-state index contributed by atoms with van der Waals surface area (Å²) in [6, 6.07) is 17.4. The van der Waals surface area contributed by atoms with Crippen molar-refractivity contribution in [3.63, 3.8) is 0 Å². The molecule has 0 saturated carbocycles. The molecule has 0 aliphatic carbocycles. The van der Waals surface area contributed by atoms with E-state index < -0.39 is 21.4 Å². The van der Waals surface area contributed by atoms with E-state index in [0.717, 1.165) is 6.42 Å². The molecule has 2 aliphatic heterocycles. The molecule has 0 N–H and O–H groups in total. The second-order valence-electron chi connectivity index (χ2n) is 16.6. The molecular weight excluding hydrogens is 709 g/mol. The largest absolute Gasteiger partial charge is 0.465 e. The van der Waals surface area contributed by atoms with E-state index in [9.17, 15) is 22.8 Å². The van der Waals surface area contributed by atoms with E-state index in [2.05, 4.69) is 13.8 Å². The number of hydrogen-bond acceptors (Lipinski definition) is 10. The maximum absolute atomic E-state index is 13.8. The number of sulfone groups is 1. The van der Waals surface area contributed by atoms with E-state index >= 15 is 0 Å². The Balaban J connectivity index is 1.52. The summed E-state index contributed by atoms with van der Waals surface area (Å²) in [6.45, 7) is 12.4. The predicted molar refractivity (Wildman–Crippen MR) is 207 cm³/mol. The highest BCUT2D eigenvalue weighted by Crippen LogP contribution is 2.44. The Bertz CT molecular complexity index is 1590. The van der Waals surface area contributed by atoms with Crippen LogP contribution in [0, 0.1) is 35.0 Å². The van der Waals surface area contributed by atoms with Gasteiger partial charge >= 0.3 is 11.9 Å². The second-order valence-corrected chi connectivity index (χ2v) is 18.6. The maximum Gasteiger partial charge on any atom is 0.338 e. The number of rotatable bonds is 19. The highest BCUT2D eigenvalue weighted by Gasteiger charge is 2.47. The van der Waals surface area contributed by atoms with Crippen molar-refractivity contribution in [2.24, 2.45) is 35.0 Å². The zero-order valence-electron chi connectivity index (χ0n) is 33.2. The Labute approximate surface area is 322 Å². The molecule has 54 heavy (non-hydrogen) atoms. The fourth-order valence-electron chi connectivity index (χ4n) is 7.87. The molecule has 300 valence electrons. The molecule has 2 fully saturated rings. The van der Waals surface area contributed by atoms with Crippen molar-refractivity contribution >= 4 is 27.6 Å². The van der Waals surface area contributed by atoms with Crippen LogP contribution in [0.2, 0.25) is 0 Å². The zero-order chi connectivity index (χ0) is 39.5.